The molecule has 0 saturated carbocycles. The molecule has 0 bridgehead atoms. The molecule has 1 fully saturated rings. The number of rotatable bonds is 6. The molecule has 0 aromatic carbocycles. The van der Waals surface area contributed by atoms with Gasteiger partial charge in [-0.15, -0.1) is 5.10 Å². The van der Waals surface area contributed by atoms with E-state index in [1.165, 1.54) is 0 Å². The van der Waals surface area contributed by atoms with Crippen molar-refractivity contribution in [1.82, 2.24) is 10.2 Å². The molecule has 1 aromatic rings. The lowest BCUT2D eigenvalue weighted by Crippen LogP contribution is -2.22. The third-order valence-corrected chi connectivity index (χ3v) is 3.09. The normalized spacial score (nSPS) is 24.1. The molecule has 1 aromatic heterocycles. The first kappa shape index (κ1) is 12.3. The van der Waals surface area contributed by atoms with Gasteiger partial charge in [-0.1, -0.05) is 12.0 Å². The maximum absolute atomic E-state index is 5.62. The van der Waals surface area contributed by atoms with E-state index in [-0.39, 0.29) is 0 Å². The number of hydrogen-bond donors (Lipinski definition) is 2. The van der Waals surface area contributed by atoms with Gasteiger partial charge >= 0.3 is 6.01 Å². The summed E-state index contributed by atoms with van der Waals surface area (Å²) in [4.78, 5) is 0. The molecule has 2 atom stereocenters. The van der Waals surface area contributed by atoms with Crippen LogP contribution in [-0.2, 0) is 11.2 Å². The van der Waals surface area contributed by atoms with E-state index >= 15 is 0 Å². The summed E-state index contributed by atoms with van der Waals surface area (Å²) in [6.45, 7) is 4.35. The Hall–Kier alpha value is -1.14. The molecule has 6 heteroatoms. The quantitative estimate of drug-likeness (QED) is 0.764. The average molecular weight is 240 g/mol. The van der Waals surface area contributed by atoms with E-state index in [1.807, 2.05) is 0 Å². The van der Waals surface area contributed by atoms with Gasteiger partial charge in [0.05, 0.1) is 6.10 Å². The van der Waals surface area contributed by atoms with Gasteiger partial charge in [0.1, 0.15) is 0 Å². The minimum absolute atomic E-state index is 0.355. The van der Waals surface area contributed by atoms with E-state index in [9.17, 15) is 0 Å². The summed E-state index contributed by atoms with van der Waals surface area (Å²) in [5.74, 6) is 1.12. The molecule has 2 rings (SSSR count). The average Bonchev–Trinajstić information content (AvgIpc) is 2.95. The fourth-order valence-corrected chi connectivity index (χ4v) is 2.15. The van der Waals surface area contributed by atoms with Crippen molar-refractivity contribution < 1.29 is 9.15 Å². The van der Waals surface area contributed by atoms with Crippen LogP contribution in [0.3, 0.4) is 0 Å². The molecule has 0 spiro atoms. The van der Waals surface area contributed by atoms with Crippen molar-refractivity contribution in [3.63, 3.8) is 0 Å². The minimum atomic E-state index is 0.355. The topological polar surface area (TPSA) is 86.2 Å². The van der Waals surface area contributed by atoms with Gasteiger partial charge in [0.15, 0.2) is 0 Å². The lowest BCUT2D eigenvalue weighted by Gasteiger charge is -2.16. The molecule has 0 amide bonds. The van der Waals surface area contributed by atoms with Crippen molar-refractivity contribution in [2.24, 2.45) is 11.7 Å². The van der Waals surface area contributed by atoms with Crippen LogP contribution < -0.4 is 11.1 Å². The zero-order valence-electron chi connectivity index (χ0n) is 10.2. The van der Waals surface area contributed by atoms with Gasteiger partial charge in [0.25, 0.3) is 0 Å². The first-order valence-corrected chi connectivity index (χ1v) is 6.21. The Morgan fingerprint density at radius 2 is 2.35 bits per heavy atom. The highest BCUT2D eigenvalue weighted by Crippen LogP contribution is 2.23. The molecule has 1 aliphatic rings. The summed E-state index contributed by atoms with van der Waals surface area (Å²) in [5.41, 5.74) is 5.41. The van der Waals surface area contributed by atoms with Crippen molar-refractivity contribution in [1.29, 1.82) is 0 Å². The Bertz CT molecular complexity index is 342. The highest BCUT2D eigenvalue weighted by atomic mass is 16.5. The highest BCUT2D eigenvalue weighted by Gasteiger charge is 2.26. The Morgan fingerprint density at radius 1 is 1.47 bits per heavy atom. The van der Waals surface area contributed by atoms with Crippen LogP contribution in [0, 0.1) is 5.92 Å². The molecule has 17 heavy (non-hydrogen) atoms. The monoisotopic (exact) mass is 240 g/mol. The summed E-state index contributed by atoms with van der Waals surface area (Å²) >= 11 is 0. The van der Waals surface area contributed by atoms with Crippen LogP contribution in [0.5, 0.6) is 0 Å². The van der Waals surface area contributed by atoms with Gasteiger partial charge in [-0.25, -0.2) is 0 Å². The number of hydrogen-bond acceptors (Lipinski definition) is 6. The molecule has 1 saturated heterocycles. The van der Waals surface area contributed by atoms with Crippen LogP contribution in [0.2, 0.25) is 0 Å². The maximum atomic E-state index is 5.62. The number of aromatic nitrogens is 2. The van der Waals surface area contributed by atoms with Gasteiger partial charge in [-0.2, -0.15) is 0 Å². The molecular formula is C11H20N4O2. The van der Waals surface area contributed by atoms with Crippen LogP contribution in [0.4, 0.5) is 6.01 Å². The third kappa shape index (κ3) is 3.17. The first-order chi connectivity index (χ1) is 8.33. The van der Waals surface area contributed by atoms with Crippen molar-refractivity contribution in [3.8, 4) is 0 Å². The van der Waals surface area contributed by atoms with Crippen LogP contribution in [0.25, 0.3) is 0 Å². The molecule has 6 nitrogen and oxygen atoms in total. The SMILES string of the molecule is CCC1OCCC1CNc1nnc(CCN)o1. The predicted octanol–water partition coefficient (Wildman–Crippen LogP) is 0.798. The Balaban J connectivity index is 1.80. The molecule has 3 N–H and O–H groups in total. The summed E-state index contributed by atoms with van der Waals surface area (Å²) in [6, 6.07) is 0.482. The maximum Gasteiger partial charge on any atom is 0.315 e. The smallest absolute Gasteiger partial charge is 0.315 e. The van der Waals surface area contributed by atoms with Crippen molar-refractivity contribution in [2.45, 2.75) is 32.3 Å². The van der Waals surface area contributed by atoms with Crippen molar-refractivity contribution >= 4 is 6.01 Å². The second-order valence-electron chi connectivity index (χ2n) is 4.29. The lowest BCUT2D eigenvalue weighted by molar-refractivity contribution is 0.0899. The molecule has 96 valence electrons. The largest absolute Gasteiger partial charge is 0.408 e. The second-order valence-corrected chi connectivity index (χ2v) is 4.29. The van der Waals surface area contributed by atoms with Crippen LogP contribution in [-0.4, -0.2) is 36.0 Å². The van der Waals surface area contributed by atoms with E-state index in [1.54, 1.807) is 0 Å². The lowest BCUT2D eigenvalue weighted by atomic mass is 10.00. The zero-order valence-corrected chi connectivity index (χ0v) is 10.2. The molecule has 0 radical (unpaired) electrons. The van der Waals surface area contributed by atoms with Crippen LogP contribution in [0.1, 0.15) is 25.7 Å². The Labute approximate surface area is 101 Å². The van der Waals surface area contributed by atoms with Gasteiger partial charge in [0, 0.05) is 32.0 Å². The minimum Gasteiger partial charge on any atom is -0.408 e. The Kier molecular flexibility index (Phi) is 4.33. The number of ether oxygens (including phenoxy) is 1. The highest BCUT2D eigenvalue weighted by molar-refractivity contribution is 5.17. The third-order valence-electron chi connectivity index (χ3n) is 3.09. The fraction of sp³-hybridized carbons (Fsp3) is 0.818. The molecule has 1 aliphatic heterocycles. The van der Waals surface area contributed by atoms with Crippen LogP contribution >= 0.6 is 0 Å². The van der Waals surface area contributed by atoms with E-state index in [0.29, 0.717) is 36.9 Å². The van der Waals surface area contributed by atoms with Gasteiger partial charge in [0.2, 0.25) is 5.89 Å². The second kappa shape index (κ2) is 5.97. The van der Waals surface area contributed by atoms with Crippen LogP contribution in [0.15, 0.2) is 4.42 Å². The summed E-state index contributed by atoms with van der Waals surface area (Å²) in [6.07, 6.45) is 3.12. The zero-order chi connectivity index (χ0) is 12.1. The first-order valence-electron chi connectivity index (χ1n) is 6.21. The summed E-state index contributed by atoms with van der Waals surface area (Å²) in [7, 11) is 0. The van der Waals surface area contributed by atoms with Crippen molar-refractivity contribution in [2.75, 3.05) is 25.0 Å². The van der Waals surface area contributed by atoms with Gasteiger partial charge in [-0.3, -0.25) is 0 Å². The standard InChI is InChI=1S/C11H20N4O2/c1-2-9-8(4-6-16-9)7-13-11-15-14-10(17-11)3-5-12/h8-9H,2-7,12H2,1H3,(H,13,15). The molecule has 0 aliphatic carbocycles. The van der Waals surface area contributed by atoms with E-state index in [2.05, 4.69) is 22.4 Å². The van der Waals surface area contributed by atoms with Gasteiger partial charge < -0.3 is 20.2 Å². The van der Waals surface area contributed by atoms with E-state index in [0.717, 1.165) is 26.0 Å². The molecule has 2 heterocycles. The van der Waals surface area contributed by atoms with Crippen molar-refractivity contribution in [3.05, 3.63) is 5.89 Å². The summed E-state index contributed by atoms with van der Waals surface area (Å²) < 4.78 is 11.0. The van der Waals surface area contributed by atoms with E-state index < -0.39 is 0 Å². The number of nitrogens with one attached hydrogen (secondary N) is 1. The summed E-state index contributed by atoms with van der Waals surface area (Å²) in [5, 5.41) is 11.0. The molecule has 2 unspecified atom stereocenters. The van der Waals surface area contributed by atoms with E-state index in [4.69, 9.17) is 14.9 Å². The number of anilines is 1. The fourth-order valence-electron chi connectivity index (χ4n) is 2.15. The number of nitrogens with zero attached hydrogens (tertiary/aromatic N) is 2. The molecular weight excluding hydrogens is 220 g/mol. The predicted molar refractivity (Wildman–Crippen MR) is 63.7 cm³/mol. The van der Waals surface area contributed by atoms with Gasteiger partial charge in [-0.05, 0) is 12.8 Å². The number of nitrogens with two attached hydrogens (primary N) is 1. The Morgan fingerprint density at radius 3 is 3.12 bits per heavy atom.